The van der Waals surface area contributed by atoms with Crippen LogP contribution in [0.1, 0.15) is 4.88 Å². The zero-order valence-electron chi connectivity index (χ0n) is 8.14. The van der Waals surface area contributed by atoms with Gasteiger partial charge in [-0.25, -0.2) is 0 Å². The van der Waals surface area contributed by atoms with E-state index in [2.05, 4.69) is 9.88 Å². The molecule has 0 aromatic carbocycles. The fraction of sp³-hybridized carbons (Fsp3) is 0.556. The minimum atomic E-state index is 0.209. The van der Waals surface area contributed by atoms with Gasteiger partial charge in [0, 0.05) is 37.8 Å². The molecule has 0 spiro atoms. The minimum Gasteiger partial charge on any atom is -0.343 e. The summed E-state index contributed by atoms with van der Waals surface area (Å²) in [4.78, 5) is 20.6. The van der Waals surface area contributed by atoms with Crippen LogP contribution in [0.15, 0.2) is 11.7 Å². The number of amides is 1. The molecule has 1 fully saturated rings. The van der Waals surface area contributed by atoms with Crippen molar-refractivity contribution in [2.75, 3.05) is 26.7 Å². The van der Waals surface area contributed by atoms with Gasteiger partial charge in [-0.1, -0.05) is 0 Å². The van der Waals surface area contributed by atoms with E-state index in [1.54, 1.807) is 16.2 Å². The maximum Gasteiger partial charge on any atom is 0.236 e. The quantitative estimate of drug-likeness (QED) is 0.711. The van der Waals surface area contributed by atoms with Gasteiger partial charge < -0.3 is 4.90 Å². The van der Waals surface area contributed by atoms with E-state index in [9.17, 15) is 4.79 Å². The normalized spacial score (nSPS) is 18.9. The predicted molar refractivity (Wildman–Crippen MR) is 55.0 cm³/mol. The van der Waals surface area contributed by atoms with Crippen LogP contribution in [0.3, 0.4) is 0 Å². The SMILES string of the molecule is CN1CCN(Cc2cncs2)CC1=O. The standard InChI is InChI=1S/C9H13N3OS/c1-11-2-3-12(6-9(11)13)5-8-4-10-7-14-8/h4,7H,2-3,5-6H2,1H3. The van der Waals surface area contributed by atoms with E-state index in [1.165, 1.54) is 4.88 Å². The molecule has 5 heteroatoms. The number of hydrogen-bond acceptors (Lipinski definition) is 4. The van der Waals surface area contributed by atoms with Crippen LogP contribution >= 0.6 is 11.3 Å². The van der Waals surface area contributed by atoms with Crippen molar-refractivity contribution in [2.24, 2.45) is 0 Å². The van der Waals surface area contributed by atoms with Gasteiger partial charge in [-0.05, 0) is 0 Å². The van der Waals surface area contributed by atoms with E-state index in [0.29, 0.717) is 6.54 Å². The second-order valence-corrected chi connectivity index (χ2v) is 4.46. The summed E-state index contributed by atoms with van der Waals surface area (Å²) in [6.07, 6.45) is 1.87. The fourth-order valence-corrected chi connectivity index (χ4v) is 2.12. The number of rotatable bonds is 2. The van der Waals surface area contributed by atoms with Gasteiger partial charge in [0.2, 0.25) is 5.91 Å². The van der Waals surface area contributed by atoms with E-state index in [0.717, 1.165) is 19.6 Å². The molecule has 1 aliphatic rings. The zero-order valence-corrected chi connectivity index (χ0v) is 8.96. The highest BCUT2D eigenvalue weighted by Gasteiger charge is 2.20. The van der Waals surface area contributed by atoms with Gasteiger partial charge in [0.15, 0.2) is 0 Å². The average molecular weight is 211 g/mol. The van der Waals surface area contributed by atoms with Gasteiger partial charge >= 0.3 is 0 Å². The predicted octanol–water partition coefficient (Wildman–Crippen LogP) is 0.417. The molecule has 1 aliphatic heterocycles. The van der Waals surface area contributed by atoms with Crippen molar-refractivity contribution < 1.29 is 4.79 Å². The van der Waals surface area contributed by atoms with Crippen molar-refractivity contribution in [2.45, 2.75) is 6.54 Å². The molecule has 1 aromatic heterocycles. The monoisotopic (exact) mass is 211 g/mol. The lowest BCUT2D eigenvalue weighted by Gasteiger charge is -2.31. The third-order valence-electron chi connectivity index (χ3n) is 2.40. The maximum atomic E-state index is 11.4. The Kier molecular flexibility index (Phi) is 2.79. The summed E-state index contributed by atoms with van der Waals surface area (Å²) in [6, 6.07) is 0. The molecule has 14 heavy (non-hydrogen) atoms. The van der Waals surface area contributed by atoms with Crippen LogP contribution in [0.5, 0.6) is 0 Å². The Morgan fingerprint density at radius 2 is 2.43 bits per heavy atom. The lowest BCUT2D eigenvalue weighted by atomic mass is 10.3. The van der Waals surface area contributed by atoms with Crippen LogP contribution in [0, 0.1) is 0 Å². The van der Waals surface area contributed by atoms with Crippen LogP contribution in [0.4, 0.5) is 0 Å². The van der Waals surface area contributed by atoms with Crippen molar-refractivity contribution in [1.82, 2.24) is 14.8 Å². The van der Waals surface area contributed by atoms with E-state index in [1.807, 2.05) is 18.8 Å². The number of likely N-dealkylation sites (N-methyl/N-ethyl adjacent to an activating group) is 1. The Hall–Kier alpha value is -0.940. The Morgan fingerprint density at radius 3 is 3.07 bits per heavy atom. The lowest BCUT2D eigenvalue weighted by Crippen LogP contribution is -2.47. The number of piperazine rings is 1. The number of aromatic nitrogens is 1. The van der Waals surface area contributed by atoms with Gasteiger partial charge in [0.05, 0.1) is 12.1 Å². The molecular weight excluding hydrogens is 198 g/mol. The highest BCUT2D eigenvalue weighted by atomic mass is 32.1. The first-order chi connectivity index (χ1) is 6.75. The van der Waals surface area contributed by atoms with Gasteiger partial charge in [0.25, 0.3) is 0 Å². The van der Waals surface area contributed by atoms with Crippen molar-refractivity contribution >= 4 is 17.2 Å². The second-order valence-electron chi connectivity index (χ2n) is 3.49. The molecule has 2 rings (SSSR count). The average Bonchev–Trinajstić information content (AvgIpc) is 2.64. The summed E-state index contributed by atoms with van der Waals surface area (Å²) < 4.78 is 0. The molecule has 76 valence electrons. The molecule has 2 heterocycles. The first-order valence-electron chi connectivity index (χ1n) is 4.59. The smallest absolute Gasteiger partial charge is 0.236 e. The van der Waals surface area contributed by atoms with Crippen LogP contribution in [-0.2, 0) is 11.3 Å². The van der Waals surface area contributed by atoms with Crippen molar-refractivity contribution in [3.8, 4) is 0 Å². The van der Waals surface area contributed by atoms with Crippen LogP contribution in [0.2, 0.25) is 0 Å². The first kappa shape index (κ1) is 9.61. The molecule has 1 amide bonds. The third-order valence-corrected chi connectivity index (χ3v) is 3.16. The molecule has 1 aromatic rings. The molecule has 0 saturated carbocycles. The molecule has 1 saturated heterocycles. The molecule has 0 N–H and O–H groups in total. The Balaban J connectivity index is 1.91. The van der Waals surface area contributed by atoms with Gasteiger partial charge in [-0.2, -0.15) is 0 Å². The summed E-state index contributed by atoms with van der Waals surface area (Å²) in [5, 5.41) is 0. The summed E-state index contributed by atoms with van der Waals surface area (Å²) in [7, 11) is 1.85. The number of thiazole rings is 1. The number of hydrogen-bond donors (Lipinski definition) is 0. The molecule has 0 unspecified atom stereocenters. The molecule has 0 bridgehead atoms. The lowest BCUT2D eigenvalue weighted by molar-refractivity contribution is -0.134. The van der Waals surface area contributed by atoms with Crippen molar-refractivity contribution in [1.29, 1.82) is 0 Å². The third kappa shape index (κ3) is 2.10. The number of nitrogens with zero attached hydrogens (tertiary/aromatic N) is 3. The summed E-state index contributed by atoms with van der Waals surface area (Å²) in [5.41, 5.74) is 1.83. The van der Waals surface area contributed by atoms with E-state index in [-0.39, 0.29) is 5.91 Å². The molecule has 0 aliphatic carbocycles. The number of carbonyl (C=O) groups is 1. The molecule has 4 nitrogen and oxygen atoms in total. The van der Waals surface area contributed by atoms with Gasteiger partial charge in [0.1, 0.15) is 0 Å². The molecule has 0 atom stereocenters. The highest BCUT2D eigenvalue weighted by Crippen LogP contribution is 2.11. The fourth-order valence-electron chi connectivity index (χ4n) is 1.48. The number of carbonyl (C=O) groups excluding carboxylic acids is 1. The van der Waals surface area contributed by atoms with E-state index >= 15 is 0 Å². The van der Waals surface area contributed by atoms with Crippen molar-refractivity contribution in [3.63, 3.8) is 0 Å². The molecular formula is C9H13N3OS. The van der Waals surface area contributed by atoms with E-state index < -0.39 is 0 Å². The molecule has 0 radical (unpaired) electrons. The topological polar surface area (TPSA) is 36.4 Å². The van der Waals surface area contributed by atoms with Crippen LogP contribution in [-0.4, -0.2) is 47.4 Å². The van der Waals surface area contributed by atoms with Crippen LogP contribution < -0.4 is 0 Å². The summed E-state index contributed by atoms with van der Waals surface area (Å²) in [5.74, 6) is 0.209. The maximum absolute atomic E-state index is 11.4. The zero-order chi connectivity index (χ0) is 9.97. The largest absolute Gasteiger partial charge is 0.343 e. The minimum absolute atomic E-state index is 0.209. The van der Waals surface area contributed by atoms with Crippen LogP contribution in [0.25, 0.3) is 0 Å². The Bertz CT molecular complexity index is 312. The highest BCUT2D eigenvalue weighted by molar-refractivity contribution is 7.09. The second kappa shape index (κ2) is 4.06. The van der Waals surface area contributed by atoms with Crippen molar-refractivity contribution in [3.05, 3.63) is 16.6 Å². The summed E-state index contributed by atoms with van der Waals surface area (Å²) in [6.45, 7) is 3.18. The Labute approximate surface area is 87.2 Å². The van der Waals surface area contributed by atoms with Gasteiger partial charge in [-0.15, -0.1) is 11.3 Å². The van der Waals surface area contributed by atoms with Gasteiger partial charge in [-0.3, -0.25) is 14.7 Å². The summed E-state index contributed by atoms with van der Waals surface area (Å²) >= 11 is 1.64. The first-order valence-corrected chi connectivity index (χ1v) is 5.47. The van der Waals surface area contributed by atoms with E-state index in [4.69, 9.17) is 0 Å². The Morgan fingerprint density at radius 1 is 1.57 bits per heavy atom.